The molecule has 1 aliphatic carbocycles. The Morgan fingerprint density at radius 2 is 1.56 bits per heavy atom. The van der Waals surface area contributed by atoms with Crippen molar-refractivity contribution in [3.8, 4) is 11.1 Å². The van der Waals surface area contributed by atoms with Crippen LogP contribution < -0.4 is 10.6 Å². The zero-order valence-corrected chi connectivity index (χ0v) is 19.5. The highest BCUT2D eigenvalue weighted by atomic mass is 16.5. The van der Waals surface area contributed by atoms with Crippen LogP contribution in [0, 0.1) is 0 Å². The molecule has 0 bridgehead atoms. The summed E-state index contributed by atoms with van der Waals surface area (Å²) in [7, 11) is 1.36. The lowest BCUT2D eigenvalue weighted by atomic mass is 9.93. The molecular formula is C25H30N2O7. The Balaban J connectivity index is 1.76. The molecule has 2 amide bonds. The van der Waals surface area contributed by atoms with Gasteiger partial charge < -0.3 is 30.3 Å². The van der Waals surface area contributed by atoms with Gasteiger partial charge in [-0.25, -0.2) is 9.59 Å². The number of carbonyl (C=O) groups excluding carboxylic acids is 2. The number of hydrogen-bond acceptors (Lipinski definition) is 6. The van der Waals surface area contributed by atoms with Crippen LogP contribution in [0.25, 0.3) is 11.1 Å². The molecule has 2 atom stereocenters. The van der Waals surface area contributed by atoms with Crippen molar-refractivity contribution in [2.45, 2.75) is 37.3 Å². The standard InChI is InChI=1S/C25H30N2O7/c1-4-25(15-33-3,21(29)26-24(2,14-28)22(30)31)27-23(32)34-13-20-18-11-7-5-9-16(18)17-10-6-8-12-19(17)20/h5-12,20,28H,4,13-15H2,1-3H3,(H,26,29)(H,27,32)(H,30,31). The predicted octanol–water partition coefficient (Wildman–Crippen LogP) is 2.27. The fraction of sp³-hybridized carbons (Fsp3) is 0.400. The minimum atomic E-state index is -1.92. The molecular weight excluding hydrogens is 440 g/mol. The third-order valence-corrected chi connectivity index (χ3v) is 6.29. The molecule has 182 valence electrons. The zero-order chi connectivity index (χ0) is 24.9. The number of carboxylic acid groups (broad SMARTS) is 1. The Morgan fingerprint density at radius 3 is 2.03 bits per heavy atom. The Bertz CT molecular complexity index is 1030. The van der Waals surface area contributed by atoms with E-state index < -0.39 is 35.7 Å². The molecule has 9 nitrogen and oxygen atoms in total. The first kappa shape index (κ1) is 25.2. The molecule has 0 spiro atoms. The van der Waals surface area contributed by atoms with E-state index in [1.807, 2.05) is 48.5 Å². The first-order valence-electron chi connectivity index (χ1n) is 11.0. The van der Waals surface area contributed by atoms with E-state index in [1.54, 1.807) is 6.92 Å². The molecule has 0 radical (unpaired) electrons. The number of aliphatic carboxylic acids is 1. The SMILES string of the molecule is CCC(COC)(NC(=O)OCC1c2ccccc2-c2ccccc21)C(=O)NC(C)(CO)C(=O)O. The van der Waals surface area contributed by atoms with Crippen molar-refractivity contribution in [3.05, 3.63) is 59.7 Å². The van der Waals surface area contributed by atoms with Crippen LogP contribution >= 0.6 is 0 Å². The number of carboxylic acids is 1. The first-order valence-corrected chi connectivity index (χ1v) is 11.0. The number of methoxy groups -OCH3 is 1. The summed E-state index contributed by atoms with van der Waals surface area (Å²) in [6.45, 7) is 1.83. The molecule has 0 aromatic heterocycles. The van der Waals surface area contributed by atoms with Gasteiger partial charge in [0.15, 0.2) is 5.54 Å². The maximum Gasteiger partial charge on any atom is 0.408 e. The van der Waals surface area contributed by atoms with Gasteiger partial charge >= 0.3 is 12.1 Å². The van der Waals surface area contributed by atoms with Crippen molar-refractivity contribution in [1.82, 2.24) is 10.6 Å². The molecule has 0 saturated heterocycles. The fourth-order valence-electron chi connectivity index (χ4n) is 4.12. The van der Waals surface area contributed by atoms with Crippen LogP contribution in [0.2, 0.25) is 0 Å². The summed E-state index contributed by atoms with van der Waals surface area (Å²) >= 11 is 0. The predicted molar refractivity (Wildman–Crippen MR) is 124 cm³/mol. The minimum Gasteiger partial charge on any atom is -0.479 e. The molecule has 1 aliphatic rings. The van der Waals surface area contributed by atoms with Crippen molar-refractivity contribution >= 4 is 18.0 Å². The van der Waals surface area contributed by atoms with Crippen LogP contribution in [-0.2, 0) is 19.1 Å². The average molecular weight is 471 g/mol. The van der Waals surface area contributed by atoms with Crippen LogP contribution in [-0.4, -0.2) is 66.2 Å². The Hall–Kier alpha value is -3.43. The molecule has 2 aromatic carbocycles. The average Bonchev–Trinajstić information content (AvgIpc) is 3.15. The van der Waals surface area contributed by atoms with Crippen molar-refractivity contribution in [3.63, 3.8) is 0 Å². The van der Waals surface area contributed by atoms with Gasteiger partial charge in [0.05, 0.1) is 13.2 Å². The van der Waals surface area contributed by atoms with E-state index in [0.29, 0.717) is 0 Å². The van der Waals surface area contributed by atoms with Crippen molar-refractivity contribution in [2.24, 2.45) is 0 Å². The number of rotatable bonds is 10. The number of fused-ring (bicyclic) bond motifs is 3. The van der Waals surface area contributed by atoms with Gasteiger partial charge in [0.1, 0.15) is 12.1 Å². The molecule has 34 heavy (non-hydrogen) atoms. The van der Waals surface area contributed by atoms with E-state index in [2.05, 4.69) is 10.6 Å². The van der Waals surface area contributed by atoms with Gasteiger partial charge in [-0.3, -0.25) is 4.79 Å². The van der Waals surface area contributed by atoms with Gasteiger partial charge in [-0.15, -0.1) is 0 Å². The minimum absolute atomic E-state index is 0.0533. The van der Waals surface area contributed by atoms with E-state index in [1.165, 1.54) is 14.0 Å². The maximum atomic E-state index is 13.1. The number of aliphatic hydroxyl groups excluding tert-OH is 1. The number of hydrogen-bond donors (Lipinski definition) is 4. The van der Waals surface area contributed by atoms with E-state index in [0.717, 1.165) is 22.3 Å². The number of amides is 2. The van der Waals surface area contributed by atoms with E-state index in [4.69, 9.17) is 9.47 Å². The van der Waals surface area contributed by atoms with E-state index in [9.17, 15) is 24.6 Å². The second-order valence-electron chi connectivity index (χ2n) is 8.57. The highest BCUT2D eigenvalue weighted by Crippen LogP contribution is 2.44. The molecule has 2 unspecified atom stereocenters. The number of nitrogens with one attached hydrogen (secondary N) is 2. The molecule has 9 heteroatoms. The molecule has 4 N–H and O–H groups in total. The number of alkyl carbamates (subject to hydrolysis) is 1. The number of aliphatic hydroxyl groups is 1. The van der Waals surface area contributed by atoms with Gasteiger partial charge in [0, 0.05) is 13.0 Å². The zero-order valence-electron chi connectivity index (χ0n) is 19.5. The topological polar surface area (TPSA) is 134 Å². The smallest absolute Gasteiger partial charge is 0.408 e. The number of ether oxygens (including phenoxy) is 2. The molecule has 0 heterocycles. The van der Waals surface area contributed by atoms with Crippen LogP contribution in [0.15, 0.2) is 48.5 Å². The summed E-state index contributed by atoms with van der Waals surface area (Å²) in [4.78, 5) is 37.4. The summed E-state index contributed by atoms with van der Waals surface area (Å²) in [5.74, 6) is -2.37. The Kier molecular flexibility index (Phi) is 7.58. The molecule has 3 rings (SSSR count). The summed E-state index contributed by atoms with van der Waals surface area (Å²) < 4.78 is 10.7. The van der Waals surface area contributed by atoms with Crippen LogP contribution in [0.5, 0.6) is 0 Å². The summed E-state index contributed by atoms with van der Waals surface area (Å²) in [6, 6.07) is 15.8. The van der Waals surface area contributed by atoms with Crippen molar-refractivity contribution < 1.29 is 34.1 Å². The normalized spacial score (nSPS) is 15.9. The van der Waals surface area contributed by atoms with Crippen LogP contribution in [0.3, 0.4) is 0 Å². The van der Waals surface area contributed by atoms with Gasteiger partial charge in [-0.1, -0.05) is 55.5 Å². The Labute approximate surface area is 198 Å². The first-order chi connectivity index (χ1) is 16.2. The lowest BCUT2D eigenvalue weighted by Crippen LogP contribution is -2.67. The van der Waals surface area contributed by atoms with Crippen molar-refractivity contribution in [1.29, 1.82) is 0 Å². The van der Waals surface area contributed by atoms with E-state index >= 15 is 0 Å². The van der Waals surface area contributed by atoms with Gasteiger partial charge in [0.25, 0.3) is 0 Å². The second kappa shape index (κ2) is 10.2. The highest BCUT2D eigenvalue weighted by molar-refractivity contribution is 5.94. The van der Waals surface area contributed by atoms with Gasteiger partial charge in [0.2, 0.25) is 5.91 Å². The quantitative estimate of drug-likeness (QED) is 0.418. The second-order valence-corrected chi connectivity index (χ2v) is 8.57. The van der Waals surface area contributed by atoms with E-state index in [-0.39, 0.29) is 25.6 Å². The molecule has 0 aliphatic heterocycles. The highest BCUT2D eigenvalue weighted by Gasteiger charge is 2.44. The number of benzene rings is 2. The largest absolute Gasteiger partial charge is 0.479 e. The fourth-order valence-corrected chi connectivity index (χ4v) is 4.12. The summed E-state index contributed by atoms with van der Waals surface area (Å²) in [5, 5.41) is 23.7. The lowest BCUT2D eigenvalue weighted by molar-refractivity contribution is -0.150. The summed E-state index contributed by atoms with van der Waals surface area (Å²) in [6.07, 6.45) is -0.741. The van der Waals surface area contributed by atoms with Gasteiger partial charge in [-0.05, 0) is 35.6 Å². The number of carbonyl (C=O) groups is 3. The molecule has 0 fully saturated rings. The van der Waals surface area contributed by atoms with Gasteiger partial charge in [-0.2, -0.15) is 0 Å². The Morgan fingerprint density at radius 1 is 1.00 bits per heavy atom. The lowest BCUT2D eigenvalue weighted by Gasteiger charge is -2.35. The molecule has 0 saturated carbocycles. The summed E-state index contributed by atoms with van der Waals surface area (Å²) in [5.41, 5.74) is 0.759. The van der Waals surface area contributed by atoms with Crippen LogP contribution in [0.1, 0.15) is 37.3 Å². The van der Waals surface area contributed by atoms with Crippen molar-refractivity contribution in [2.75, 3.05) is 26.9 Å². The molecule has 2 aromatic rings. The monoisotopic (exact) mass is 470 g/mol. The van der Waals surface area contributed by atoms with Crippen LogP contribution in [0.4, 0.5) is 4.79 Å². The third-order valence-electron chi connectivity index (χ3n) is 6.29. The third kappa shape index (κ3) is 4.76. The maximum absolute atomic E-state index is 13.1.